The molecule has 2 rings (SSSR count). The van der Waals surface area contributed by atoms with Crippen LogP contribution in [0.2, 0.25) is 157 Å². The van der Waals surface area contributed by atoms with Crippen molar-refractivity contribution in [2.24, 2.45) is 0 Å². The molecule has 0 radical (unpaired) electrons. The van der Waals surface area contributed by atoms with Gasteiger partial charge in [-0.1, -0.05) is 0 Å². The van der Waals surface area contributed by atoms with E-state index in [4.69, 9.17) is 0 Å². The molecule has 332 valence electrons. The van der Waals surface area contributed by atoms with Crippen LogP contribution in [-0.2, 0) is 10.8 Å². The van der Waals surface area contributed by atoms with Crippen molar-refractivity contribution in [1.29, 1.82) is 0 Å². The van der Waals surface area contributed by atoms with Crippen molar-refractivity contribution < 1.29 is 0 Å². The fourth-order valence-electron chi connectivity index (χ4n) is 12.4. The van der Waals surface area contributed by atoms with Crippen molar-refractivity contribution in [3.05, 3.63) is 57.6 Å². The van der Waals surface area contributed by atoms with Gasteiger partial charge in [0.15, 0.2) is 0 Å². The zero-order chi connectivity index (χ0) is 46.2. The molecule has 58 heavy (non-hydrogen) atoms. The van der Waals surface area contributed by atoms with Crippen LogP contribution in [0.4, 0.5) is 0 Å². The van der Waals surface area contributed by atoms with Gasteiger partial charge in [-0.25, -0.2) is 0 Å². The first-order valence-corrected chi connectivity index (χ1v) is 62.9. The zero-order valence-corrected chi connectivity index (χ0v) is 57.6. The van der Waals surface area contributed by atoms with Gasteiger partial charge in [-0.15, -0.1) is 0 Å². The molecule has 0 saturated carbocycles. The van der Waals surface area contributed by atoms with Crippen LogP contribution < -0.4 is 7.02 Å². The quantitative estimate of drug-likeness (QED) is 0.165. The number of hydrogen-bond acceptors (Lipinski definition) is 0. The summed E-state index contributed by atoms with van der Waals surface area (Å²) in [5.74, 6) is 0. The van der Waals surface area contributed by atoms with Crippen molar-refractivity contribution in [3.63, 3.8) is 0 Å². The maximum absolute atomic E-state index is 2.88. The summed E-state index contributed by atoms with van der Waals surface area (Å²) < 4.78 is 4.05. The third-order valence-corrected chi connectivity index (χ3v) is 63.6. The minimum absolute atomic E-state index is 0.142. The Morgan fingerprint density at radius 2 is 0.431 bits per heavy atom. The summed E-state index contributed by atoms with van der Waals surface area (Å²) in [7, 11) is -12.6. The second-order valence-corrected chi connectivity index (χ2v) is 85.5. The van der Waals surface area contributed by atoms with Gasteiger partial charge < -0.3 is 0 Å². The van der Waals surface area contributed by atoms with Crippen molar-refractivity contribution in [1.82, 2.24) is 0 Å². The van der Waals surface area contributed by atoms with Gasteiger partial charge in [0.1, 0.15) is 0 Å². The van der Waals surface area contributed by atoms with E-state index in [2.05, 4.69) is 223 Å². The molecular formula is C48H98Sb2Si8. The molecule has 0 aromatic heterocycles. The van der Waals surface area contributed by atoms with Crippen molar-refractivity contribution in [3.8, 4) is 0 Å². The topological polar surface area (TPSA) is 0 Å². The Labute approximate surface area is 389 Å². The van der Waals surface area contributed by atoms with Gasteiger partial charge >= 0.3 is 393 Å². The number of rotatable bonds is 14. The van der Waals surface area contributed by atoms with Gasteiger partial charge in [-0.2, -0.15) is 0 Å². The summed E-state index contributed by atoms with van der Waals surface area (Å²) in [6, 6.07) is 11.5. The van der Waals surface area contributed by atoms with Crippen LogP contribution in [0.15, 0.2) is 24.3 Å². The molecule has 0 aliphatic heterocycles. The second kappa shape index (κ2) is 18.2. The van der Waals surface area contributed by atoms with Crippen molar-refractivity contribution in [2.45, 2.75) is 230 Å². The van der Waals surface area contributed by atoms with Gasteiger partial charge in [0, 0.05) is 0 Å². The van der Waals surface area contributed by atoms with E-state index in [0.29, 0.717) is 0 Å². The summed E-state index contributed by atoms with van der Waals surface area (Å²) in [6.07, 6.45) is 0. The molecule has 0 aliphatic rings. The molecule has 0 spiro atoms. The summed E-state index contributed by atoms with van der Waals surface area (Å²) in [4.78, 5) is 0. The Kier molecular flexibility index (Phi) is 17.6. The molecule has 10 heteroatoms. The SMILES string of the molecule is CC(C)(C)c1cc(C([Si](C)(C)C)[Si](C)(C)C)[c]([Sb]=[Sb][c]2c(C([Si](C)(C)C)[Si](C)(C)C)cc(C(C)(C)C)cc2C([Si](C)(C)C)[Si](C)(C)C)c(C([Si](C)(C)C)[Si](C)(C)C)c1. The average Bonchev–Trinajstić information content (AvgIpc) is 2.85. The van der Waals surface area contributed by atoms with E-state index in [1.54, 1.807) is 11.1 Å². The molecule has 2 aromatic carbocycles. The van der Waals surface area contributed by atoms with E-state index >= 15 is 0 Å². The van der Waals surface area contributed by atoms with Gasteiger partial charge in [0.2, 0.25) is 0 Å². The average molecular weight is 1140 g/mol. The monoisotopic (exact) mass is 1140 g/mol. The Morgan fingerprint density at radius 3 is 0.534 bits per heavy atom. The van der Waals surface area contributed by atoms with E-state index in [9.17, 15) is 0 Å². The fourth-order valence-corrected chi connectivity index (χ4v) is 82.9. The van der Waals surface area contributed by atoms with Crippen LogP contribution in [0, 0.1) is 0 Å². The standard InChI is InChI=1S/2C24H49Si4.2Sb/c2*1-24(2,3)21-17-19(22(25(4,5)6)26(7,8)9)16-20(18-21)23(27(10,11)12)28(13,14)15;;/h2*17-18,22-23H,1-15H3;;. The Hall–Kier alpha value is 1.81. The summed E-state index contributed by atoms with van der Waals surface area (Å²) in [5, 5.41) is 3.12. The summed E-state index contributed by atoms with van der Waals surface area (Å²) >= 11 is -1.45. The van der Waals surface area contributed by atoms with Crippen molar-refractivity contribution >= 4 is 105 Å². The summed E-state index contributed by atoms with van der Waals surface area (Å²) in [5.41, 5.74) is 11.2. The Morgan fingerprint density at radius 1 is 0.293 bits per heavy atom. The van der Waals surface area contributed by atoms with Crippen LogP contribution in [0.1, 0.15) is 95.6 Å². The molecule has 0 N–H and O–H groups in total. The van der Waals surface area contributed by atoms with Gasteiger partial charge in [0.05, 0.1) is 0 Å². The summed E-state index contributed by atoms with van der Waals surface area (Å²) in [6.45, 7) is 80.7. The molecule has 0 atom stereocenters. The van der Waals surface area contributed by atoms with Crippen LogP contribution in [0.25, 0.3) is 0 Å². The van der Waals surface area contributed by atoms with Gasteiger partial charge in [-0.05, 0) is 0 Å². The van der Waals surface area contributed by atoms with Gasteiger partial charge in [0.25, 0.3) is 0 Å². The molecule has 0 saturated heterocycles. The maximum atomic E-state index is 2.88. The molecule has 0 fully saturated rings. The number of hydrogen-bond donors (Lipinski definition) is 0. The molecular weight excluding hydrogens is 1040 g/mol. The predicted octanol–water partition coefficient (Wildman–Crippen LogP) is 14.9. The molecule has 2 aromatic rings. The van der Waals surface area contributed by atoms with Crippen LogP contribution in [0.5, 0.6) is 0 Å². The zero-order valence-electron chi connectivity index (χ0n) is 44.5. The van der Waals surface area contributed by atoms with Crippen molar-refractivity contribution in [2.75, 3.05) is 0 Å². The first-order valence-electron chi connectivity index (χ1n) is 22.9. The molecule has 0 bridgehead atoms. The second-order valence-electron chi connectivity index (χ2n) is 29.4. The molecule has 0 unspecified atom stereocenters. The van der Waals surface area contributed by atoms with E-state index in [1.807, 2.05) is 29.3 Å². The van der Waals surface area contributed by atoms with E-state index < -0.39 is 98.3 Å². The van der Waals surface area contributed by atoms with Crippen LogP contribution in [0.3, 0.4) is 0 Å². The predicted molar refractivity (Wildman–Crippen MR) is 299 cm³/mol. The van der Waals surface area contributed by atoms with Gasteiger partial charge in [-0.3, -0.25) is 0 Å². The first-order chi connectivity index (χ1) is 25.1. The number of benzene rings is 2. The van der Waals surface area contributed by atoms with Crippen LogP contribution >= 0.6 is 0 Å². The third kappa shape index (κ3) is 14.2. The molecule has 0 nitrogen and oxygen atoms in total. The molecule has 0 amide bonds. The molecule has 0 aliphatic carbocycles. The van der Waals surface area contributed by atoms with E-state index in [0.717, 1.165) is 20.7 Å². The van der Waals surface area contributed by atoms with E-state index in [1.165, 1.54) is 0 Å². The normalized spacial score (nSPS) is 15.3. The minimum atomic E-state index is -1.57. The fraction of sp³-hybridized carbons (Fsp3) is 0.750. The Balaban J connectivity index is 3.70. The Bertz CT molecular complexity index is 1480. The van der Waals surface area contributed by atoms with E-state index in [-0.39, 0.29) is 10.8 Å². The first kappa shape index (κ1) is 55.9. The third-order valence-electron chi connectivity index (χ3n) is 12.5. The van der Waals surface area contributed by atoms with Crippen LogP contribution in [-0.4, -0.2) is 98.3 Å². The molecule has 0 heterocycles.